The minimum Gasteiger partial charge on any atom is -0.328 e. The zero-order chi connectivity index (χ0) is 16.4. The van der Waals surface area contributed by atoms with Gasteiger partial charge in [-0.05, 0) is 36.6 Å². The topological polar surface area (TPSA) is 69.8 Å². The molecule has 0 aliphatic heterocycles. The van der Waals surface area contributed by atoms with Gasteiger partial charge in [0.15, 0.2) is 0 Å². The van der Waals surface area contributed by atoms with Gasteiger partial charge >= 0.3 is 6.03 Å². The third-order valence-electron chi connectivity index (χ3n) is 4.84. The van der Waals surface area contributed by atoms with Crippen molar-refractivity contribution in [2.75, 3.05) is 5.32 Å². The van der Waals surface area contributed by atoms with E-state index in [0.717, 1.165) is 42.3 Å². The molecule has 1 fully saturated rings. The van der Waals surface area contributed by atoms with Gasteiger partial charge in [0.2, 0.25) is 0 Å². The predicted molar refractivity (Wildman–Crippen MR) is 94.8 cm³/mol. The first-order valence-electron chi connectivity index (χ1n) is 8.33. The lowest BCUT2D eigenvalue weighted by Crippen LogP contribution is -2.45. The van der Waals surface area contributed by atoms with Gasteiger partial charge in [-0.15, -0.1) is 0 Å². The molecule has 3 N–H and O–H groups in total. The van der Waals surface area contributed by atoms with Crippen LogP contribution < -0.4 is 10.6 Å². The zero-order valence-electron chi connectivity index (χ0n) is 13.4. The van der Waals surface area contributed by atoms with Crippen molar-refractivity contribution >= 4 is 22.6 Å². The number of urea groups is 1. The number of anilines is 1. The summed E-state index contributed by atoms with van der Waals surface area (Å²) in [7, 11) is 0. The Hall–Kier alpha value is -2.82. The van der Waals surface area contributed by atoms with Crippen LogP contribution in [0.3, 0.4) is 0 Å². The van der Waals surface area contributed by atoms with Crippen LogP contribution in [0.5, 0.6) is 0 Å². The Bertz CT molecular complexity index is 850. The van der Waals surface area contributed by atoms with Crippen LogP contribution in [-0.4, -0.2) is 16.2 Å². The summed E-state index contributed by atoms with van der Waals surface area (Å²) in [5, 5.41) is 14.1. The molecule has 1 aliphatic carbocycles. The Morgan fingerprint density at radius 3 is 2.67 bits per heavy atom. The van der Waals surface area contributed by atoms with Crippen LogP contribution >= 0.6 is 0 Å². The number of H-pyrrole nitrogens is 1. The van der Waals surface area contributed by atoms with Crippen LogP contribution in [0.4, 0.5) is 10.5 Å². The molecule has 0 bridgehead atoms. The Kier molecular flexibility index (Phi) is 3.69. The van der Waals surface area contributed by atoms with Crippen molar-refractivity contribution in [1.29, 1.82) is 0 Å². The highest BCUT2D eigenvalue weighted by molar-refractivity contribution is 5.92. The quantitative estimate of drug-likeness (QED) is 0.678. The maximum Gasteiger partial charge on any atom is 0.319 e. The van der Waals surface area contributed by atoms with Crippen LogP contribution in [0.25, 0.3) is 10.9 Å². The molecule has 5 nitrogen and oxygen atoms in total. The number of amides is 2. The molecular formula is C19H20N4O. The third kappa shape index (κ3) is 2.73. The summed E-state index contributed by atoms with van der Waals surface area (Å²) in [6, 6.07) is 15.8. The Morgan fingerprint density at radius 2 is 1.88 bits per heavy atom. The van der Waals surface area contributed by atoms with Crippen molar-refractivity contribution in [2.24, 2.45) is 0 Å². The number of hydrogen-bond donors (Lipinski definition) is 3. The average Bonchev–Trinajstić information content (AvgIpc) is 3.25. The number of nitrogens with one attached hydrogen (secondary N) is 3. The van der Waals surface area contributed by atoms with E-state index in [1.807, 2.05) is 36.4 Å². The maximum absolute atomic E-state index is 12.6. The van der Waals surface area contributed by atoms with E-state index in [2.05, 4.69) is 33.0 Å². The molecule has 24 heavy (non-hydrogen) atoms. The molecule has 4 rings (SSSR count). The minimum atomic E-state index is -0.260. The number of rotatable bonds is 3. The normalized spacial score (nSPS) is 16.2. The van der Waals surface area contributed by atoms with Crippen molar-refractivity contribution in [3.8, 4) is 0 Å². The van der Waals surface area contributed by atoms with E-state index in [9.17, 15) is 4.79 Å². The van der Waals surface area contributed by atoms with Gasteiger partial charge in [-0.25, -0.2) is 4.79 Å². The molecule has 1 aromatic heterocycles. The molecular weight excluding hydrogens is 300 g/mol. The van der Waals surface area contributed by atoms with Crippen molar-refractivity contribution in [3.63, 3.8) is 0 Å². The number of benzene rings is 2. The van der Waals surface area contributed by atoms with Crippen molar-refractivity contribution in [1.82, 2.24) is 15.5 Å². The minimum absolute atomic E-state index is 0.167. The first-order chi connectivity index (χ1) is 11.8. The summed E-state index contributed by atoms with van der Waals surface area (Å²) < 4.78 is 0. The van der Waals surface area contributed by atoms with Gasteiger partial charge in [0.05, 0.1) is 17.3 Å². The highest BCUT2D eigenvalue weighted by atomic mass is 16.2. The van der Waals surface area contributed by atoms with E-state index in [1.54, 1.807) is 6.20 Å². The molecule has 122 valence electrons. The van der Waals surface area contributed by atoms with Gasteiger partial charge < -0.3 is 10.6 Å². The van der Waals surface area contributed by atoms with E-state index in [4.69, 9.17) is 0 Å². The summed E-state index contributed by atoms with van der Waals surface area (Å²) in [4.78, 5) is 12.6. The fourth-order valence-corrected chi connectivity index (χ4v) is 3.62. The first-order valence-corrected chi connectivity index (χ1v) is 8.33. The molecule has 5 heteroatoms. The smallest absolute Gasteiger partial charge is 0.319 e. The lowest BCUT2D eigenvalue weighted by molar-refractivity contribution is 0.236. The van der Waals surface area contributed by atoms with E-state index in [0.29, 0.717) is 0 Å². The summed E-state index contributed by atoms with van der Waals surface area (Å²) in [6.07, 6.45) is 5.99. The summed E-state index contributed by atoms with van der Waals surface area (Å²) in [5.74, 6) is 0. The monoisotopic (exact) mass is 320 g/mol. The van der Waals surface area contributed by atoms with Gasteiger partial charge in [-0.2, -0.15) is 5.10 Å². The summed E-state index contributed by atoms with van der Waals surface area (Å²) in [6.45, 7) is 0. The lowest BCUT2D eigenvalue weighted by atomic mass is 9.88. The molecule has 2 aromatic carbocycles. The average molecular weight is 320 g/mol. The second-order valence-electron chi connectivity index (χ2n) is 6.41. The second-order valence-corrected chi connectivity index (χ2v) is 6.41. The van der Waals surface area contributed by atoms with E-state index >= 15 is 0 Å². The fraction of sp³-hybridized carbons (Fsp3) is 0.263. The number of carbonyl (C=O) groups excluding carboxylic acids is 1. The highest BCUT2D eigenvalue weighted by Gasteiger charge is 2.36. The van der Waals surface area contributed by atoms with E-state index in [-0.39, 0.29) is 11.6 Å². The number of hydrogen-bond acceptors (Lipinski definition) is 2. The first kappa shape index (κ1) is 14.8. The molecule has 0 unspecified atom stereocenters. The molecule has 0 atom stereocenters. The van der Waals surface area contributed by atoms with Gasteiger partial charge in [0.1, 0.15) is 0 Å². The Labute approximate surface area is 140 Å². The number of fused-ring (bicyclic) bond motifs is 1. The van der Waals surface area contributed by atoms with E-state index < -0.39 is 0 Å². The third-order valence-corrected chi connectivity index (χ3v) is 4.84. The molecule has 1 saturated carbocycles. The molecule has 0 radical (unpaired) electrons. The number of nitrogens with zero attached hydrogens (tertiary/aromatic N) is 1. The van der Waals surface area contributed by atoms with Gasteiger partial charge in [-0.1, -0.05) is 43.2 Å². The Morgan fingerprint density at radius 1 is 1.08 bits per heavy atom. The van der Waals surface area contributed by atoms with Crippen LogP contribution in [0.2, 0.25) is 0 Å². The van der Waals surface area contributed by atoms with Crippen molar-refractivity contribution in [2.45, 2.75) is 31.2 Å². The second kappa shape index (κ2) is 6.00. The molecule has 1 aliphatic rings. The highest BCUT2D eigenvalue weighted by Crippen LogP contribution is 2.38. The predicted octanol–water partition coefficient (Wildman–Crippen LogP) is 4.15. The summed E-state index contributed by atoms with van der Waals surface area (Å²) in [5.41, 5.74) is 2.59. The Balaban J connectivity index is 1.53. The van der Waals surface area contributed by atoms with Crippen LogP contribution in [0.1, 0.15) is 31.2 Å². The number of aromatic nitrogens is 2. The fourth-order valence-electron chi connectivity index (χ4n) is 3.62. The van der Waals surface area contributed by atoms with Gasteiger partial charge in [0.25, 0.3) is 0 Å². The lowest BCUT2D eigenvalue weighted by Gasteiger charge is -2.31. The van der Waals surface area contributed by atoms with Crippen LogP contribution in [0, 0.1) is 0 Å². The van der Waals surface area contributed by atoms with Gasteiger partial charge in [0, 0.05) is 11.1 Å². The van der Waals surface area contributed by atoms with Crippen molar-refractivity contribution in [3.05, 3.63) is 60.3 Å². The molecule has 3 aromatic rings. The summed E-state index contributed by atoms with van der Waals surface area (Å²) >= 11 is 0. The van der Waals surface area contributed by atoms with Crippen LogP contribution in [0.15, 0.2) is 54.7 Å². The zero-order valence-corrected chi connectivity index (χ0v) is 13.4. The molecule has 0 spiro atoms. The molecule has 2 amide bonds. The number of aromatic amines is 1. The van der Waals surface area contributed by atoms with Crippen LogP contribution in [-0.2, 0) is 5.54 Å². The maximum atomic E-state index is 12.6. The standard InChI is InChI=1S/C19H20N4O/c24-18(21-16-9-8-14-13-20-23-17(14)12-16)22-19(10-4-5-11-19)15-6-2-1-3-7-15/h1-3,6-9,12-13H,4-5,10-11H2,(H,20,23)(H2,21,22,24). The van der Waals surface area contributed by atoms with Crippen molar-refractivity contribution < 1.29 is 4.79 Å². The SMILES string of the molecule is O=C(Nc1ccc2cn[nH]c2c1)NC1(c2ccccc2)CCCC1. The molecule has 1 heterocycles. The van der Waals surface area contributed by atoms with Gasteiger partial charge in [-0.3, -0.25) is 5.10 Å². The van der Waals surface area contributed by atoms with E-state index in [1.165, 1.54) is 5.56 Å². The largest absolute Gasteiger partial charge is 0.328 e. The molecule has 0 saturated heterocycles. The number of carbonyl (C=O) groups is 1.